The van der Waals surface area contributed by atoms with Gasteiger partial charge in [-0.25, -0.2) is 4.39 Å². The maximum absolute atomic E-state index is 13.8. The molecule has 8 heteroatoms. The number of fused-ring (bicyclic) bond motifs is 1. The van der Waals surface area contributed by atoms with Crippen molar-refractivity contribution in [2.24, 2.45) is 0 Å². The number of nitriles is 1. The summed E-state index contributed by atoms with van der Waals surface area (Å²) in [7, 11) is 0. The summed E-state index contributed by atoms with van der Waals surface area (Å²) < 4.78 is 15.8. The van der Waals surface area contributed by atoms with Crippen molar-refractivity contribution in [2.75, 3.05) is 6.54 Å². The molecule has 1 aliphatic rings. The van der Waals surface area contributed by atoms with Crippen LogP contribution in [0.5, 0.6) is 0 Å². The molecule has 0 saturated carbocycles. The Labute approximate surface area is 205 Å². The molecule has 2 aromatic heterocycles. The van der Waals surface area contributed by atoms with Crippen molar-refractivity contribution in [3.05, 3.63) is 99.2 Å². The molecule has 1 amide bonds. The molecular weight excluding hydrogens is 474 g/mol. The number of halogens is 3. The van der Waals surface area contributed by atoms with Crippen molar-refractivity contribution in [2.45, 2.75) is 13.0 Å². The quantitative estimate of drug-likeness (QED) is 0.388. The molecule has 0 unspecified atom stereocenters. The topological polar surface area (TPSA) is 70.7 Å². The van der Waals surface area contributed by atoms with Gasteiger partial charge in [-0.15, -0.1) is 0 Å². The molecule has 4 aromatic rings. The number of benzene rings is 2. The monoisotopic (exact) mass is 490 g/mol. The van der Waals surface area contributed by atoms with Crippen molar-refractivity contribution in [3.63, 3.8) is 0 Å². The van der Waals surface area contributed by atoms with E-state index in [1.807, 2.05) is 22.8 Å². The largest absolute Gasteiger partial charge is 0.352 e. The van der Waals surface area contributed by atoms with E-state index in [2.05, 4.69) is 16.4 Å². The van der Waals surface area contributed by atoms with Crippen LogP contribution in [0.25, 0.3) is 22.4 Å². The Balaban J connectivity index is 1.84. The van der Waals surface area contributed by atoms with Gasteiger partial charge in [-0.1, -0.05) is 35.3 Å². The summed E-state index contributed by atoms with van der Waals surface area (Å²) in [6.45, 7) is 0.777. The number of pyridine rings is 1. The van der Waals surface area contributed by atoms with Crippen molar-refractivity contribution < 1.29 is 9.18 Å². The maximum Gasteiger partial charge on any atom is 0.253 e. The highest BCUT2D eigenvalue weighted by Crippen LogP contribution is 2.42. The van der Waals surface area contributed by atoms with Gasteiger partial charge in [-0.3, -0.25) is 9.78 Å². The zero-order chi connectivity index (χ0) is 23.8. The van der Waals surface area contributed by atoms with Crippen LogP contribution in [-0.2, 0) is 13.0 Å². The van der Waals surface area contributed by atoms with E-state index < -0.39 is 5.82 Å². The van der Waals surface area contributed by atoms with E-state index in [-0.39, 0.29) is 18.0 Å². The lowest BCUT2D eigenvalue weighted by molar-refractivity contribution is 0.0946. The van der Waals surface area contributed by atoms with Crippen LogP contribution >= 0.6 is 23.2 Å². The van der Waals surface area contributed by atoms with Crippen LogP contribution in [0.3, 0.4) is 0 Å². The van der Waals surface area contributed by atoms with Gasteiger partial charge in [0.2, 0.25) is 0 Å². The lowest BCUT2D eigenvalue weighted by atomic mass is 9.95. The molecule has 0 atom stereocenters. The Kier molecular flexibility index (Phi) is 5.82. The number of rotatable bonds is 4. The van der Waals surface area contributed by atoms with Crippen LogP contribution in [0, 0.1) is 17.1 Å². The first kappa shape index (κ1) is 22.1. The SMILES string of the molecule is N#Cc1cc(F)ccc1Cn1c2c(c(-c3ccc(Cl)c(Cl)c3)c1-c1ccncc1)C(=O)NCC2. The molecule has 5 nitrogen and oxygen atoms in total. The molecule has 5 rings (SSSR count). The van der Waals surface area contributed by atoms with Gasteiger partial charge in [0.15, 0.2) is 0 Å². The third kappa shape index (κ3) is 3.83. The molecule has 0 fully saturated rings. The van der Waals surface area contributed by atoms with Crippen molar-refractivity contribution in [1.29, 1.82) is 5.26 Å². The second-order valence-corrected chi connectivity index (χ2v) is 8.73. The molecule has 0 radical (unpaired) electrons. The van der Waals surface area contributed by atoms with Crippen LogP contribution < -0.4 is 5.32 Å². The number of carbonyl (C=O) groups excluding carboxylic acids is 1. The minimum atomic E-state index is -0.472. The molecule has 0 saturated heterocycles. The second-order valence-electron chi connectivity index (χ2n) is 7.92. The normalized spacial score (nSPS) is 12.7. The number of amides is 1. The fourth-order valence-corrected chi connectivity index (χ4v) is 4.73. The molecule has 3 heterocycles. The Morgan fingerprint density at radius 1 is 1.03 bits per heavy atom. The first-order chi connectivity index (χ1) is 16.5. The standard InChI is InChI=1S/C26H17Cl2FN4O/c27-20-4-2-16(12-21(20)28)23-24-22(7-10-32-26(24)34)33(25(23)15-5-8-31-9-6-15)14-17-1-3-19(29)11-18(17)13-30/h1-6,8-9,11-12H,7,10,14H2,(H,32,34). The number of hydrogen-bond acceptors (Lipinski definition) is 3. The molecule has 0 bridgehead atoms. The first-order valence-corrected chi connectivity index (χ1v) is 11.3. The average Bonchev–Trinajstić information content (AvgIpc) is 3.17. The number of aromatic nitrogens is 2. The van der Waals surface area contributed by atoms with Crippen molar-refractivity contribution in [3.8, 4) is 28.5 Å². The zero-order valence-electron chi connectivity index (χ0n) is 17.8. The summed E-state index contributed by atoms with van der Waals surface area (Å²) >= 11 is 12.5. The summed E-state index contributed by atoms with van der Waals surface area (Å²) in [4.78, 5) is 17.3. The molecule has 168 valence electrons. The molecule has 0 aliphatic carbocycles. The zero-order valence-corrected chi connectivity index (χ0v) is 19.3. The number of carbonyl (C=O) groups is 1. The Bertz CT molecular complexity index is 1470. The lowest BCUT2D eigenvalue weighted by Crippen LogP contribution is -2.32. The Morgan fingerprint density at radius 3 is 2.56 bits per heavy atom. The fourth-order valence-electron chi connectivity index (χ4n) is 4.43. The Morgan fingerprint density at radius 2 is 1.82 bits per heavy atom. The minimum absolute atomic E-state index is 0.184. The van der Waals surface area contributed by atoms with E-state index in [9.17, 15) is 14.4 Å². The first-order valence-electron chi connectivity index (χ1n) is 10.6. The number of nitrogens with one attached hydrogen (secondary N) is 1. The third-order valence-corrected chi connectivity index (χ3v) is 6.67. The van der Waals surface area contributed by atoms with Gasteiger partial charge in [0.25, 0.3) is 5.91 Å². The minimum Gasteiger partial charge on any atom is -0.352 e. The molecule has 2 aromatic carbocycles. The van der Waals surface area contributed by atoms with Gasteiger partial charge in [-0.2, -0.15) is 5.26 Å². The van der Waals surface area contributed by atoms with Gasteiger partial charge in [0.1, 0.15) is 5.82 Å². The second kappa shape index (κ2) is 8.94. The average molecular weight is 491 g/mol. The van der Waals surface area contributed by atoms with Crippen LogP contribution in [0.2, 0.25) is 10.0 Å². The summed E-state index contributed by atoms with van der Waals surface area (Å²) in [5.41, 5.74) is 5.39. The Hall–Kier alpha value is -3.66. The fraction of sp³-hybridized carbons (Fsp3) is 0.115. The summed E-state index contributed by atoms with van der Waals surface area (Å²) in [6, 6.07) is 15.3. The molecule has 0 spiro atoms. The third-order valence-electron chi connectivity index (χ3n) is 5.93. The van der Waals surface area contributed by atoms with Crippen LogP contribution in [0.15, 0.2) is 60.9 Å². The summed E-state index contributed by atoms with van der Waals surface area (Å²) in [6.07, 6.45) is 3.97. The van der Waals surface area contributed by atoms with Crippen LogP contribution in [0.1, 0.15) is 27.2 Å². The maximum atomic E-state index is 13.8. The van der Waals surface area contributed by atoms with E-state index in [4.69, 9.17) is 23.2 Å². The van der Waals surface area contributed by atoms with Gasteiger partial charge < -0.3 is 9.88 Å². The highest BCUT2D eigenvalue weighted by atomic mass is 35.5. The van der Waals surface area contributed by atoms with E-state index in [0.717, 1.165) is 28.1 Å². The van der Waals surface area contributed by atoms with Gasteiger partial charge in [0.05, 0.1) is 32.9 Å². The predicted octanol–water partition coefficient (Wildman–Crippen LogP) is 5.87. The van der Waals surface area contributed by atoms with Crippen molar-refractivity contribution in [1.82, 2.24) is 14.9 Å². The van der Waals surface area contributed by atoms with E-state index in [1.165, 1.54) is 12.1 Å². The number of hydrogen-bond donors (Lipinski definition) is 1. The van der Waals surface area contributed by atoms with Crippen molar-refractivity contribution >= 4 is 29.1 Å². The van der Waals surface area contributed by atoms with Gasteiger partial charge in [0, 0.05) is 48.7 Å². The highest BCUT2D eigenvalue weighted by Gasteiger charge is 2.31. The molecule has 34 heavy (non-hydrogen) atoms. The number of nitrogens with zero attached hydrogens (tertiary/aromatic N) is 3. The van der Waals surface area contributed by atoms with Crippen LogP contribution in [0.4, 0.5) is 4.39 Å². The molecule has 1 aliphatic heterocycles. The van der Waals surface area contributed by atoms with E-state index in [0.29, 0.717) is 34.1 Å². The highest BCUT2D eigenvalue weighted by molar-refractivity contribution is 6.42. The predicted molar refractivity (Wildman–Crippen MR) is 129 cm³/mol. The van der Waals surface area contributed by atoms with Gasteiger partial charge in [-0.05, 0) is 47.5 Å². The summed E-state index contributed by atoms with van der Waals surface area (Å²) in [5.74, 6) is -0.656. The molecule has 1 N–H and O–H groups in total. The van der Waals surface area contributed by atoms with E-state index >= 15 is 0 Å². The molecular formula is C26H17Cl2FN4O. The van der Waals surface area contributed by atoms with E-state index in [1.54, 1.807) is 30.6 Å². The van der Waals surface area contributed by atoms with Crippen LogP contribution in [-0.4, -0.2) is 22.0 Å². The van der Waals surface area contributed by atoms with Gasteiger partial charge >= 0.3 is 0 Å². The lowest BCUT2D eigenvalue weighted by Gasteiger charge is -2.18. The smallest absolute Gasteiger partial charge is 0.253 e. The summed E-state index contributed by atoms with van der Waals surface area (Å²) in [5, 5.41) is 13.3.